The molecule has 0 aliphatic heterocycles. The van der Waals surface area contributed by atoms with Crippen LogP contribution in [-0.2, 0) is 6.54 Å². The van der Waals surface area contributed by atoms with E-state index < -0.39 is 0 Å². The second-order valence-corrected chi connectivity index (χ2v) is 6.32. The molecule has 0 saturated carbocycles. The number of hydrogen-bond acceptors (Lipinski definition) is 4. The molecule has 0 atom stereocenters. The van der Waals surface area contributed by atoms with Gasteiger partial charge >= 0.3 is 0 Å². The number of anilines is 1. The summed E-state index contributed by atoms with van der Waals surface area (Å²) in [7, 11) is 0. The van der Waals surface area contributed by atoms with Crippen molar-refractivity contribution in [2.75, 3.05) is 5.32 Å². The summed E-state index contributed by atoms with van der Waals surface area (Å²) in [6.45, 7) is 0.777. The van der Waals surface area contributed by atoms with E-state index in [1.807, 2.05) is 48.5 Å². The van der Waals surface area contributed by atoms with E-state index in [0.717, 1.165) is 22.3 Å². The number of halogens is 2. The van der Waals surface area contributed by atoms with E-state index in [1.54, 1.807) is 6.20 Å². The van der Waals surface area contributed by atoms with Crippen LogP contribution in [0, 0.1) is 0 Å². The van der Waals surface area contributed by atoms with E-state index in [4.69, 9.17) is 4.42 Å². The summed E-state index contributed by atoms with van der Waals surface area (Å²) in [5.41, 5.74) is 4.54. The molecule has 25 heavy (non-hydrogen) atoms. The molecule has 0 aliphatic rings. The average Bonchev–Trinajstić information content (AvgIpc) is 3.06. The van der Waals surface area contributed by atoms with E-state index in [0.29, 0.717) is 17.1 Å². The van der Waals surface area contributed by atoms with Crippen molar-refractivity contribution in [2.24, 2.45) is 0 Å². The number of nitrogens with one attached hydrogen (secondary N) is 1. The molecule has 0 bridgehead atoms. The lowest BCUT2D eigenvalue weighted by atomic mass is 10.2. The molecule has 0 spiro atoms. The fourth-order valence-electron chi connectivity index (χ4n) is 2.43. The Bertz CT molecular complexity index is 935. The Balaban J connectivity index is 0.00000182. The Morgan fingerprint density at radius 3 is 2.44 bits per heavy atom. The van der Waals surface area contributed by atoms with Gasteiger partial charge in [-0.2, -0.15) is 4.98 Å². The van der Waals surface area contributed by atoms with Gasteiger partial charge in [-0.1, -0.05) is 28.1 Å². The smallest absolute Gasteiger partial charge is 0.228 e. The van der Waals surface area contributed by atoms with Gasteiger partial charge in [0.15, 0.2) is 11.2 Å². The van der Waals surface area contributed by atoms with Crippen LogP contribution in [0.1, 0.15) is 5.56 Å². The standard InChI is InChI=1S/C19H14BrN3O.ClH/c20-15-7-3-13(4-8-15)12-22-16-9-5-14(6-10-16)19-23-18-17(24-19)2-1-11-21-18;/h1-11,22H,12H2;1H/p-1. The zero-order valence-corrected chi connectivity index (χ0v) is 15.5. The minimum Gasteiger partial charge on any atom is -1.00 e. The molecule has 126 valence electrons. The first-order valence-electron chi connectivity index (χ1n) is 7.58. The molecule has 2 aromatic carbocycles. The summed E-state index contributed by atoms with van der Waals surface area (Å²) in [6, 6.07) is 20.0. The van der Waals surface area contributed by atoms with Crippen molar-refractivity contribution >= 4 is 32.8 Å². The third kappa shape index (κ3) is 4.00. The van der Waals surface area contributed by atoms with Gasteiger partial charge in [-0.25, -0.2) is 4.98 Å². The van der Waals surface area contributed by atoms with Crippen LogP contribution in [0.2, 0.25) is 0 Å². The van der Waals surface area contributed by atoms with Crippen LogP contribution >= 0.6 is 15.9 Å². The maximum absolute atomic E-state index is 5.74. The van der Waals surface area contributed by atoms with Crippen molar-refractivity contribution in [3.8, 4) is 11.5 Å². The zero-order valence-electron chi connectivity index (χ0n) is 13.1. The maximum Gasteiger partial charge on any atom is 0.228 e. The molecule has 4 nitrogen and oxygen atoms in total. The van der Waals surface area contributed by atoms with E-state index in [-0.39, 0.29) is 12.4 Å². The topological polar surface area (TPSA) is 51.0 Å². The van der Waals surface area contributed by atoms with Crippen LogP contribution in [0.25, 0.3) is 22.7 Å². The first-order valence-corrected chi connectivity index (χ1v) is 8.37. The number of pyridine rings is 1. The monoisotopic (exact) mass is 414 g/mol. The molecule has 0 radical (unpaired) electrons. The lowest BCUT2D eigenvalue weighted by Gasteiger charge is -2.07. The maximum atomic E-state index is 5.74. The van der Waals surface area contributed by atoms with Gasteiger partial charge in [0.25, 0.3) is 0 Å². The summed E-state index contributed by atoms with van der Waals surface area (Å²) in [5, 5.41) is 3.41. The third-order valence-electron chi connectivity index (χ3n) is 3.71. The molecule has 0 amide bonds. The number of hydrogen-bond donors (Lipinski definition) is 1. The second-order valence-electron chi connectivity index (χ2n) is 5.40. The van der Waals surface area contributed by atoms with Gasteiger partial charge in [0.1, 0.15) is 0 Å². The van der Waals surface area contributed by atoms with Crippen molar-refractivity contribution in [3.63, 3.8) is 0 Å². The third-order valence-corrected chi connectivity index (χ3v) is 4.24. The van der Waals surface area contributed by atoms with E-state index >= 15 is 0 Å². The highest BCUT2D eigenvalue weighted by molar-refractivity contribution is 9.10. The lowest BCUT2D eigenvalue weighted by Crippen LogP contribution is -3.00. The van der Waals surface area contributed by atoms with E-state index in [2.05, 4.69) is 43.3 Å². The largest absolute Gasteiger partial charge is 1.00 e. The van der Waals surface area contributed by atoms with Crippen LogP contribution < -0.4 is 17.7 Å². The fraction of sp³-hybridized carbons (Fsp3) is 0.0526. The van der Waals surface area contributed by atoms with Crippen molar-refractivity contribution < 1.29 is 16.8 Å². The molecule has 0 saturated heterocycles. The summed E-state index contributed by atoms with van der Waals surface area (Å²) in [6.07, 6.45) is 1.71. The van der Waals surface area contributed by atoms with Crippen LogP contribution in [0.3, 0.4) is 0 Å². The number of fused-ring (bicyclic) bond motifs is 1. The number of nitrogens with zero attached hydrogens (tertiary/aromatic N) is 2. The Labute approximate surface area is 159 Å². The lowest BCUT2D eigenvalue weighted by molar-refractivity contribution is -0.00000525. The summed E-state index contributed by atoms with van der Waals surface area (Å²) >= 11 is 3.44. The van der Waals surface area contributed by atoms with Gasteiger partial charge in [0.05, 0.1) is 0 Å². The molecule has 4 rings (SSSR count). The summed E-state index contributed by atoms with van der Waals surface area (Å²) < 4.78 is 6.82. The first-order chi connectivity index (χ1) is 11.8. The van der Waals surface area contributed by atoms with Crippen molar-refractivity contribution in [2.45, 2.75) is 6.54 Å². The molecule has 2 heterocycles. The van der Waals surface area contributed by atoms with Gasteiger partial charge in [-0.3, -0.25) is 0 Å². The van der Waals surface area contributed by atoms with Crippen molar-refractivity contribution in [1.29, 1.82) is 0 Å². The predicted molar refractivity (Wildman–Crippen MR) is 98.7 cm³/mol. The van der Waals surface area contributed by atoms with Crippen LogP contribution in [0.5, 0.6) is 0 Å². The van der Waals surface area contributed by atoms with Gasteiger partial charge in [-0.15, -0.1) is 0 Å². The minimum absolute atomic E-state index is 0. The molecule has 4 aromatic rings. The van der Waals surface area contributed by atoms with Gasteiger partial charge in [0, 0.05) is 28.5 Å². The average molecular weight is 416 g/mol. The number of aromatic nitrogens is 2. The first kappa shape index (κ1) is 17.5. The number of rotatable bonds is 4. The quantitative estimate of drug-likeness (QED) is 0.555. The molecule has 0 unspecified atom stereocenters. The molecular formula is C19H14BrClN3O-. The molecule has 1 N–H and O–H groups in total. The molecule has 0 fully saturated rings. The second kappa shape index (κ2) is 7.68. The molecular weight excluding hydrogens is 402 g/mol. The predicted octanol–water partition coefficient (Wildman–Crippen LogP) is 2.27. The number of oxazole rings is 1. The van der Waals surface area contributed by atoms with Crippen LogP contribution in [-0.4, -0.2) is 9.97 Å². The molecule has 6 heteroatoms. The van der Waals surface area contributed by atoms with Crippen molar-refractivity contribution in [1.82, 2.24) is 9.97 Å². The molecule has 0 aliphatic carbocycles. The van der Waals surface area contributed by atoms with Crippen molar-refractivity contribution in [3.05, 3.63) is 76.9 Å². The highest BCUT2D eigenvalue weighted by atomic mass is 79.9. The zero-order chi connectivity index (χ0) is 16.4. The van der Waals surface area contributed by atoms with E-state index in [9.17, 15) is 0 Å². The fourth-order valence-corrected chi connectivity index (χ4v) is 2.69. The Kier molecular flexibility index (Phi) is 5.36. The highest BCUT2D eigenvalue weighted by Crippen LogP contribution is 2.24. The Morgan fingerprint density at radius 1 is 0.960 bits per heavy atom. The Morgan fingerprint density at radius 2 is 1.72 bits per heavy atom. The van der Waals surface area contributed by atoms with Gasteiger partial charge in [-0.05, 0) is 54.1 Å². The SMILES string of the molecule is Brc1ccc(CNc2ccc(-c3nc4ncccc4o3)cc2)cc1.[Cl-]. The van der Waals surface area contributed by atoms with Gasteiger partial charge in [0.2, 0.25) is 5.89 Å². The number of benzene rings is 2. The van der Waals surface area contributed by atoms with Gasteiger partial charge < -0.3 is 22.1 Å². The highest BCUT2D eigenvalue weighted by Gasteiger charge is 2.08. The minimum atomic E-state index is 0. The van der Waals surface area contributed by atoms with Crippen LogP contribution in [0.15, 0.2) is 75.8 Å². The van der Waals surface area contributed by atoms with E-state index in [1.165, 1.54) is 5.56 Å². The normalized spacial score (nSPS) is 10.4. The van der Waals surface area contributed by atoms with Crippen LogP contribution in [0.4, 0.5) is 5.69 Å². The summed E-state index contributed by atoms with van der Waals surface area (Å²) in [5.74, 6) is 0.586. The Hall–Kier alpha value is -2.37. The molecule has 2 aromatic heterocycles. The summed E-state index contributed by atoms with van der Waals surface area (Å²) in [4.78, 5) is 8.61.